The van der Waals surface area contributed by atoms with Gasteiger partial charge >= 0.3 is 0 Å². The van der Waals surface area contributed by atoms with Gasteiger partial charge in [0.15, 0.2) is 0 Å². The molecule has 0 aliphatic heterocycles. The van der Waals surface area contributed by atoms with E-state index in [1.165, 1.54) is 65.0 Å². The van der Waals surface area contributed by atoms with Crippen LogP contribution in [0.1, 0.15) is 0 Å². The SMILES string of the molecule is c1ccc(N(c2ccccc2)c2cccc3c4cccc5c6cc7c(nc6n(c23)c54)c2cccc3c4cc5ccccc5cc4n7c32)cc1. The first-order chi connectivity index (χ1) is 24.3. The van der Waals surface area contributed by atoms with E-state index in [2.05, 4.69) is 171 Å². The molecule has 0 amide bonds. The maximum absolute atomic E-state index is 5.65. The third-order valence-electron chi connectivity index (χ3n) is 10.7. The van der Waals surface area contributed by atoms with Gasteiger partial charge in [0.2, 0.25) is 0 Å². The molecule has 0 radical (unpaired) electrons. The van der Waals surface area contributed by atoms with Crippen molar-refractivity contribution >= 4 is 104 Å². The summed E-state index contributed by atoms with van der Waals surface area (Å²) in [7, 11) is 0. The second-order valence-electron chi connectivity index (χ2n) is 13.2. The third kappa shape index (κ3) is 3.16. The molecule has 0 aliphatic carbocycles. The third-order valence-corrected chi connectivity index (χ3v) is 10.7. The number of hydrogen-bond acceptors (Lipinski definition) is 2. The number of hydrogen-bond donors (Lipinski definition) is 0. The zero-order valence-electron chi connectivity index (χ0n) is 26.3. The zero-order valence-corrected chi connectivity index (χ0v) is 26.3. The number of anilines is 3. The van der Waals surface area contributed by atoms with Crippen LogP contribution < -0.4 is 4.90 Å². The van der Waals surface area contributed by atoms with Gasteiger partial charge in [-0.2, -0.15) is 0 Å². The zero-order chi connectivity index (χ0) is 31.8. The lowest BCUT2D eigenvalue weighted by atomic mass is 10.0. The van der Waals surface area contributed by atoms with Crippen molar-refractivity contribution in [2.45, 2.75) is 0 Å². The van der Waals surface area contributed by atoms with Gasteiger partial charge in [-0.05, 0) is 59.3 Å². The summed E-state index contributed by atoms with van der Waals surface area (Å²) in [6.07, 6.45) is 0. The van der Waals surface area contributed by atoms with Crippen molar-refractivity contribution in [1.29, 1.82) is 0 Å². The van der Waals surface area contributed by atoms with E-state index in [1.807, 2.05) is 0 Å². The fraction of sp³-hybridized carbons (Fsp3) is 0. The Hall–Kier alpha value is -6.65. The van der Waals surface area contributed by atoms with E-state index in [4.69, 9.17) is 4.98 Å². The summed E-state index contributed by atoms with van der Waals surface area (Å²) in [6.45, 7) is 0. The molecule has 0 unspecified atom stereocenters. The highest BCUT2D eigenvalue weighted by molar-refractivity contribution is 6.28. The molecule has 4 nitrogen and oxygen atoms in total. The first kappa shape index (κ1) is 25.4. The maximum Gasteiger partial charge on any atom is 0.146 e. The average molecular weight is 623 g/mol. The largest absolute Gasteiger partial charge is 0.308 e. The second kappa shape index (κ2) is 9.03. The van der Waals surface area contributed by atoms with Crippen LogP contribution in [0, 0.1) is 0 Å². The molecule has 4 heteroatoms. The molecule has 0 spiro atoms. The molecule has 0 bridgehead atoms. The van der Waals surface area contributed by atoms with Crippen LogP contribution in [0.5, 0.6) is 0 Å². The van der Waals surface area contributed by atoms with E-state index in [-0.39, 0.29) is 0 Å². The molecule has 0 atom stereocenters. The molecule has 0 fully saturated rings. The number of nitrogens with zero attached hydrogens (tertiary/aromatic N) is 4. The number of aromatic nitrogens is 3. The lowest BCUT2D eigenvalue weighted by Gasteiger charge is -2.26. The van der Waals surface area contributed by atoms with Crippen LogP contribution in [0.25, 0.3) is 87.2 Å². The quantitative estimate of drug-likeness (QED) is 0.196. The number of pyridine rings is 1. The molecule has 12 rings (SSSR count). The van der Waals surface area contributed by atoms with Crippen molar-refractivity contribution in [2.75, 3.05) is 4.90 Å². The fourth-order valence-electron chi connectivity index (χ4n) is 8.71. The number of rotatable bonds is 3. The van der Waals surface area contributed by atoms with Gasteiger partial charge in [-0.3, -0.25) is 4.40 Å². The number of fused-ring (bicyclic) bond motifs is 13. The molecule has 12 aromatic rings. The Morgan fingerprint density at radius 3 is 1.65 bits per heavy atom. The monoisotopic (exact) mass is 622 g/mol. The molecular weight excluding hydrogens is 597 g/mol. The van der Waals surface area contributed by atoms with Crippen molar-refractivity contribution in [3.8, 4) is 0 Å². The Morgan fingerprint density at radius 2 is 0.939 bits per heavy atom. The minimum absolute atomic E-state index is 0.992. The van der Waals surface area contributed by atoms with Gasteiger partial charge < -0.3 is 9.30 Å². The van der Waals surface area contributed by atoms with Gasteiger partial charge in [-0.15, -0.1) is 0 Å². The van der Waals surface area contributed by atoms with Gasteiger partial charge in [0.05, 0.1) is 38.8 Å². The standard InChI is InChI=1S/C45H26N4/c1-3-14-29(15-4-1)47(30-16-5-2-6-17-30)38-23-11-21-32-31-18-9-20-34-37-26-40-41(46-45(37)49(42(31)34)44(32)38)35-22-10-19-33-36-24-27-12-7-8-13-28(27)25-39(36)48(40)43(33)35/h1-26H. The van der Waals surface area contributed by atoms with Crippen LogP contribution in [-0.2, 0) is 0 Å². The molecule has 0 N–H and O–H groups in total. The molecule has 5 heterocycles. The fourth-order valence-corrected chi connectivity index (χ4v) is 8.71. The van der Waals surface area contributed by atoms with Crippen molar-refractivity contribution in [1.82, 2.24) is 13.8 Å². The van der Waals surface area contributed by atoms with E-state index < -0.39 is 0 Å². The smallest absolute Gasteiger partial charge is 0.146 e. The summed E-state index contributed by atoms with van der Waals surface area (Å²) in [5.74, 6) is 0. The van der Waals surface area contributed by atoms with Crippen LogP contribution in [0.3, 0.4) is 0 Å². The molecule has 0 aliphatic rings. The normalized spacial score (nSPS) is 12.5. The summed E-state index contributed by atoms with van der Waals surface area (Å²) in [5, 5.41) is 11.1. The summed E-state index contributed by atoms with van der Waals surface area (Å²) < 4.78 is 4.89. The highest BCUT2D eigenvalue weighted by Gasteiger charge is 2.26. The van der Waals surface area contributed by atoms with Gasteiger partial charge in [-0.1, -0.05) is 109 Å². The highest BCUT2D eigenvalue weighted by Crippen LogP contribution is 2.47. The van der Waals surface area contributed by atoms with E-state index in [0.717, 1.165) is 39.3 Å². The van der Waals surface area contributed by atoms with E-state index in [0.29, 0.717) is 0 Å². The Kier molecular flexibility index (Phi) is 4.69. The molecule has 226 valence electrons. The van der Waals surface area contributed by atoms with E-state index in [9.17, 15) is 0 Å². The van der Waals surface area contributed by atoms with Gasteiger partial charge in [0, 0.05) is 49.1 Å². The lowest BCUT2D eigenvalue weighted by molar-refractivity contribution is 1.25. The molecule has 49 heavy (non-hydrogen) atoms. The average Bonchev–Trinajstić information content (AvgIpc) is 3.88. The number of para-hydroxylation sites is 5. The maximum atomic E-state index is 5.65. The van der Waals surface area contributed by atoms with Crippen molar-refractivity contribution in [2.24, 2.45) is 0 Å². The van der Waals surface area contributed by atoms with Crippen LogP contribution in [0.4, 0.5) is 17.1 Å². The van der Waals surface area contributed by atoms with Gasteiger partial charge in [-0.25, -0.2) is 4.98 Å². The first-order valence-electron chi connectivity index (χ1n) is 16.8. The minimum atomic E-state index is 0.992. The summed E-state index contributed by atoms with van der Waals surface area (Å²) >= 11 is 0. The Morgan fingerprint density at radius 1 is 0.388 bits per heavy atom. The van der Waals surface area contributed by atoms with Crippen molar-refractivity contribution in [3.63, 3.8) is 0 Å². The van der Waals surface area contributed by atoms with Crippen LogP contribution >= 0.6 is 0 Å². The lowest BCUT2D eigenvalue weighted by Crippen LogP contribution is -2.10. The first-order valence-corrected chi connectivity index (χ1v) is 16.8. The summed E-state index contributed by atoms with van der Waals surface area (Å²) in [6, 6.07) is 57.2. The van der Waals surface area contributed by atoms with Gasteiger partial charge in [0.25, 0.3) is 0 Å². The molecule has 7 aromatic carbocycles. The van der Waals surface area contributed by atoms with Crippen LogP contribution in [0.15, 0.2) is 158 Å². The molecule has 0 saturated heterocycles. The molecular formula is C45H26N4. The Labute approximate surface area is 279 Å². The van der Waals surface area contributed by atoms with E-state index in [1.54, 1.807) is 0 Å². The molecule has 0 saturated carbocycles. The summed E-state index contributed by atoms with van der Waals surface area (Å²) in [4.78, 5) is 8.02. The second-order valence-corrected chi connectivity index (χ2v) is 13.2. The van der Waals surface area contributed by atoms with Crippen LogP contribution in [-0.4, -0.2) is 13.8 Å². The molecule has 5 aromatic heterocycles. The number of benzene rings is 7. The topological polar surface area (TPSA) is 25.0 Å². The van der Waals surface area contributed by atoms with Crippen LogP contribution in [0.2, 0.25) is 0 Å². The Balaban J connectivity index is 1.26. The highest BCUT2D eigenvalue weighted by atomic mass is 15.2. The van der Waals surface area contributed by atoms with Gasteiger partial charge in [0.1, 0.15) is 5.65 Å². The minimum Gasteiger partial charge on any atom is -0.308 e. The van der Waals surface area contributed by atoms with E-state index >= 15 is 0 Å². The van der Waals surface area contributed by atoms with Crippen molar-refractivity contribution < 1.29 is 0 Å². The summed E-state index contributed by atoms with van der Waals surface area (Å²) in [5.41, 5.74) is 11.4. The predicted molar refractivity (Wildman–Crippen MR) is 206 cm³/mol. The predicted octanol–water partition coefficient (Wildman–Crippen LogP) is 12.0. The Bertz CT molecular complexity index is 3220. The van der Waals surface area contributed by atoms with Crippen molar-refractivity contribution in [3.05, 3.63) is 158 Å².